The Kier molecular flexibility index (Phi) is 3.19. The van der Waals surface area contributed by atoms with Crippen molar-refractivity contribution in [3.05, 3.63) is 23.3 Å². The van der Waals surface area contributed by atoms with Crippen molar-refractivity contribution < 1.29 is 9.53 Å². The number of fused-ring (bicyclic) bond motifs is 2. The highest BCUT2D eigenvalue weighted by Gasteiger charge is 2.22. The summed E-state index contributed by atoms with van der Waals surface area (Å²) in [6.45, 7) is 3.60. The van der Waals surface area contributed by atoms with Crippen LogP contribution in [0.3, 0.4) is 0 Å². The lowest BCUT2D eigenvalue weighted by molar-refractivity contribution is -0.119. The lowest BCUT2D eigenvalue weighted by Crippen LogP contribution is -2.23. The van der Waals surface area contributed by atoms with Crippen molar-refractivity contribution in [3.63, 3.8) is 0 Å². The molecule has 1 unspecified atom stereocenters. The molecule has 19 heavy (non-hydrogen) atoms. The number of rotatable bonds is 0. The SMILES string of the molecule is CC1CCc2cc3c(cc2NC1=O)CCN(C)CO3. The molecule has 0 fully saturated rings. The van der Waals surface area contributed by atoms with E-state index in [0.29, 0.717) is 6.73 Å². The van der Waals surface area contributed by atoms with E-state index < -0.39 is 0 Å². The molecule has 1 amide bonds. The Morgan fingerprint density at radius 2 is 2.16 bits per heavy atom. The zero-order chi connectivity index (χ0) is 13.4. The van der Waals surface area contributed by atoms with Gasteiger partial charge in [0.1, 0.15) is 12.5 Å². The van der Waals surface area contributed by atoms with E-state index in [1.165, 1.54) is 11.1 Å². The number of nitrogens with one attached hydrogen (secondary N) is 1. The molecule has 4 heteroatoms. The number of hydrogen-bond donors (Lipinski definition) is 1. The summed E-state index contributed by atoms with van der Waals surface area (Å²) in [7, 11) is 2.06. The normalized spacial score (nSPS) is 23.5. The van der Waals surface area contributed by atoms with E-state index in [1.54, 1.807) is 0 Å². The lowest BCUT2D eigenvalue weighted by Gasteiger charge is -2.13. The number of nitrogens with zero attached hydrogens (tertiary/aromatic N) is 1. The van der Waals surface area contributed by atoms with Gasteiger partial charge in [-0.2, -0.15) is 0 Å². The topological polar surface area (TPSA) is 41.6 Å². The minimum absolute atomic E-state index is 0.0826. The Balaban J connectivity index is 1.96. The number of aryl methyl sites for hydroxylation is 1. The zero-order valence-electron chi connectivity index (χ0n) is 11.5. The monoisotopic (exact) mass is 260 g/mol. The van der Waals surface area contributed by atoms with Crippen LogP contribution in [0.2, 0.25) is 0 Å². The third-order valence-corrected chi connectivity index (χ3v) is 4.04. The van der Waals surface area contributed by atoms with Crippen molar-refractivity contribution in [3.8, 4) is 5.75 Å². The summed E-state index contributed by atoms with van der Waals surface area (Å²) in [6.07, 6.45) is 2.80. The fraction of sp³-hybridized carbons (Fsp3) is 0.533. The highest BCUT2D eigenvalue weighted by Crippen LogP contribution is 2.32. The maximum Gasteiger partial charge on any atom is 0.227 e. The molecule has 2 aliphatic heterocycles. The highest BCUT2D eigenvalue weighted by atomic mass is 16.5. The summed E-state index contributed by atoms with van der Waals surface area (Å²) in [6, 6.07) is 4.21. The molecule has 0 aromatic heterocycles. The number of carbonyl (C=O) groups excluding carboxylic acids is 1. The van der Waals surface area contributed by atoms with Crippen LogP contribution in [0.25, 0.3) is 0 Å². The number of anilines is 1. The molecule has 3 rings (SSSR count). The number of amides is 1. The van der Waals surface area contributed by atoms with E-state index in [-0.39, 0.29) is 11.8 Å². The average Bonchev–Trinajstić information content (AvgIpc) is 2.65. The predicted octanol–water partition coefficient (Wildman–Crippen LogP) is 2.03. The number of benzene rings is 1. The second-order valence-corrected chi connectivity index (χ2v) is 5.65. The van der Waals surface area contributed by atoms with Gasteiger partial charge in [-0.05, 0) is 49.6 Å². The van der Waals surface area contributed by atoms with Gasteiger partial charge in [-0.3, -0.25) is 9.69 Å². The quantitative estimate of drug-likeness (QED) is 0.776. The molecule has 0 radical (unpaired) electrons. The molecule has 4 nitrogen and oxygen atoms in total. The van der Waals surface area contributed by atoms with Gasteiger partial charge in [-0.1, -0.05) is 6.92 Å². The second kappa shape index (κ2) is 4.85. The fourth-order valence-corrected chi connectivity index (χ4v) is 2.63. The first-order valence-electron chi connectivity index (χ1n) is 6.91. The average molecular weight is 260 g/mol. The Bertz CT molecular complexity index is 513. The van der Waals surface area contributed by atoms with E-state index in [1.807, 2.05) is 6.92 Å². The maximum absolute atomic E-state index is 11.9. The Hall–Kier alpha value is -1.55. The standard InChI is InChI=1S/C15H20N2O2/c1-10-3-4-11-8-14-12(5-6-17(2)9-19-14)7-13(11)16-15(10)18/h7-8,10H,3-6,9H2,1-2H3,(H,16,18). The molecular formula is C15H20N2O2. The molecule has 1 N–H and O–H groups in total. The van der Waals surface area contributed by atoms with Crippen LogP contribution in [0, 0.1) is 5.92 Å². The first-order valence-corrected chi connectivity index (χ1v) is 6.91. The molecule has 2 aliphatic rings. The molecule has 0 aliphatic carbocycles. The number of hydrogen-bond acceptors (Lipinski definition) is 3. The third kappa shape index (κ3) is 2.45. The molecular weight excluding hydrogens is 240 g/mol. The van der Waals surface area contributed by atoms with Gasteiger partial charge in [0, 0.05) is 18.2 Å². The maximum atomic E-state index is 11.9. The van der Waals surface area contributed by atoms with Gasteiger partial charge in [-0.25, -0.2) is 0 Å². The van der Waals surface area contributed by atoms with Crippen molar-refractivity contribution in [2.24, 2.45) is 5.92 Å². The molecule has 1 aromatic rings. The van der Waals surface area contributed by atoms with E-state index in [4.69, 9.17) is 4.74 Å². The lowest BCUT2D eigenvalue weighted by atomic mass is 10.00. The number of carbonyl (C=O) groups is 1. The summed E-state index contributed by atoms with van der Waals surface area (Å²) in [4.78, 5) is 14.1. The van der Waals surface area contributed by atoms with Crippen LogP contribution < -0.4 is 10.1 Å². The van der Waals surface area contributed by atoms with Crippen LogP contribution in [0.1, 0.15) is 24.5 Å². The van der Waals surface area contributed by atoms with Gasteiger partial charge < -0.3 is 10.1 Å². The highest BCUT2D eigenvalue weighted by molar-refractivity contribution is 5.94. The largest absolute Gasteiger partial charge is 0.478 e. The van der Waals surface area contributed by atoms with E-state index in [0.717, 1.165) is 37.2 Å². The van der Waals surface area contributed by atoms with Crippen molar-refractivity contribution in [1.82, 2.24) is 4.90 Å². The third-order valence-electron chi connectivity index (χ3n) is 4.04. The van der Waals surface area contributed by atoms with Crippen LogP contribution in [0.4, 0.5) is 5.69 Å². The van der Waals surface area contributed by atoms with Crippen LogP contribution >= 0.6 is 0 Å². The Labute approximate surface area is 113 Å². The summed E-state index contributed by atoms with van der Waals surface area (Å²) in [5.41, 5.74) is 3.36. The smallest absolute Gasteiger partial charge is 0.227 e. The zero-order valence-corrected chi connectivity index (χ0v) is 11.5. The summed E-state index contributed by atoms with van der Waals surface area (Å²) < 4.78 is 5.83. The first-order chi connectivity index (χ1) is 9.13. The van der Waals surface area contributed by atoms with Gasteiger partial charge in [0.2, 0.25) is 5.91 Å². The van der Waals surface area contributed by atoms with Gasteiger partial charge in [0.15, 0.2) is 0 Å². The van der Waals surface area contributed by atoms with Crippen molar-refractivity contribution in [2.45, 2.75) is 26.2 Å². The Morgan fingerprint density at radius 1 is 1.32 bits per heavy atom. The number of likely N-dealkylation sites (N-methyl/N-ethyl adjacent to an activating group) is 1. The summed E-state index contributed by atoms with van der Waals surface area (Å²) in [5, 5.41) is 3.05. The molecule has 102 valence electrons. The van der Waals surface area contributed by atoms with Crippen molar-refractivity contribution >= 4 is 11.6 Å². The van der Waals surface area contributed by atoms with Gasteiger partial charge in [0.05, 0.1) is 0 Å². The van der Waals surface area contributed by atoms with Crippen molar-refractivity contribution in [1.29, 1.82) is 0 Å². The molecule has 0 bridgehead atoms. The summed E-state index contributed by atoms with van der Waals surface area (Å²) in [5.74, 6) is 1.19. The summed E-state index contributed by atoms with van der Waals surface area (Å²) >= 11 is 0. The minimum atomic E-state index is 0.0826. The molecule has 1 aromatic carbocycles. The fourth-order valence-electron chi connectivity index (χ4n) is 2.63. The molecule has 1 atom stereocenters. The molecule has 0 saturated carbocycles. The van der Waals surface area contributed by atoms with E-state index >= 15 is 0 Å². The molecule has 0 spiro atoms. The van der Waals surface area contributed by atoms with Gasteiger partial charge >= 0.3 is 0 Å². The van der Waals surface area contributed by atoms with Gasteiger partial charge in [-0.15, -0.1) is 0 Å². The second-order valence-electron chi connectivity index (χ2n) is 5.65. The van der Waals surface area contributed by atoms with Gasteiger partial charge in [0.25, 0.3) is 0 Å². The molecule has 2 heterocycles. The van der Waals surface area contributed by atoms with Crippen LogP contribution in [0.15, 0.2) is 12.1 Å². The first kappa shape index (κ1) is 12.5. The number of ether oxygens (including phenoxy) is 1. The Morgan fingerprint density at radius 3 is 3.00 bits per heavy atom. The molecule has 0 saturated heterocycles. The van der Waals surface area contributed by atoms with Crippen molar-refractivity contribution in [2.75, 3.05) is 25.6 Å². The van der Waals surface area contributed by atoms with Crippen LogP contribution in [-0.2, 0) is 17.6 Å². The van der Waals surface area contributed by atoms with E-state index in [9.17, 15) is 4.79 Å². The van der Waals surface area contributed by atoms with E-state index in [2.05, 4.69) is 29.4 Å². The predicted molar refractivity (Wildman–Crippen MR) is 74.4 cm³/mol. The van der Waals surface area contributed by atoms with Crippen LogP contribution in [-0.4, -0.2) is 31.1 Å². The van der Waals surface area contributed by atoms with Crippen LogP contribution in [0.5, 0.6) is 5.75 Å². The minimum Gasteiger partial charge on any atom is -0.478 e.